The van der Waals surface area contributed by atoms with Crippen molar-refractivity contribution < 1.29 is 9.72 Å². The molecule has 0 aliphatic rings. The highest BCUT2D eigenvalue weighted by Gasteiger charge is 2.11. The molecule has 86 valence electrons. The molecule has 1 rings (SSSR count). The first-order chi connectivity index (χ1) is 7.65. The number of hydrogen-bond donors (Lipinski definition) is 1. The molecule has 0 atom stereocenters. The molecule has 0 saturated heterocycles. The highest BCUT2D eigenvalue weighted by atomic mass is 16.6. The van der Waals surface area contributed by atoms with Crippen molar-refractivity contribution in [2.75, 3.05) is 6.54 Å². The van der Waals surface area contributed by atoms with Crippen LogP contribution in [-0.2, 0) is 0 Å². The van der Waals surface area contributed by atoms with Gasteiger partial charge >= 0.3 is 0 Å². The van der Waals surface area contributed by atoms with E-state index in [2.05, 4.69) is 10.3 Å². The van der Waals surface area contributed by atoms with E-state index in [1.54, 1.807) is 0 Å². The lowest BCUT2D eigenvalue weighted by molar-refractivity contribution is -0.385. The molecule has 0 radical (unpaired) electrons. The smallest absolute Gasteiger partial charge is 0.288 e. The molecule has 0 spiro atoms. The first kappa shape index (κ1) is 12.1. The average Bonchev–Trinajstić information content (AvgIpc) is 2.29. The quantitative estimate of drug-likeness (QED) is 0.466. The van der Waals surface area contributed by atoms with Gasteiger partial charge < -0.3 is 5.32 Å². The molecular weight excluding hydrogens is 210 g/mol. The molecule has 16 heavy (non-hydrogen) atoms. The van der Waals surface area contributed by atoms with E-state index in [9.17, 15) is 14.9 Å². The van der Waals surface area contributed by atoms with Crippen LogP contribution in [0.2, 0.25) is 0 Å². The normalized spacial score (nSPS) is 9.81. The van der Waals surface area contributed by atoms with E-state index in [0.29, 0.717) is 6.54 Å². The zero-order chi connectivity index (χ0) is 12.0. The summed E-state index contributed by atoms with van der Waals surface area (Å²) in [6.07, 6.45) is 4.29. The van der Waals surface area contributed by atoms with Gasteiger partial charge in [-0.2, -0.15) is 0 Å². The van der Waals surface area contributed by atoms with Crippen LogP contribution in [0.5, 0.6) is 0 Å². The van der Waals surface area contributed by atoms with Crippen molar-refractivity contribution in [2.45, 2.75) is 19.8 Å². The Morgan fingerprint density at radius 1 is 1.56 bits per heavy atom. The Morgan fingerprint density at radius 2 is 2.31 bits per heavy atom. The van der Waals surface area contributed by atoms with Crippen LogP contribution in [0.4, 0.5) is 5.69 Å². The van der Waals surface area contributed by atoms with Gasteiger partial charge in [0.15, 0.2) is 0 Å². The number of nitro groups is 1. The van der Waals surface area contributed by atoms with Crippen molar-refractivity contribution in [3.05, 3.63) is 34.1 Å². The maximum absolute atomic E-state index is 11.5. The van der Waals surface area contributed by atoms with E-state index >= 15 is 0 Å². The first-order valence-corrected chi connectivity index (χ1v) is 5.02. The number of nitrogens with one attached hydrogen (secondary N) is 1. The lowest BCUT2D eigenvalue weighted by Crippen LogP contribution is -2.24. The van der Waals surface area contributed by atoms with Gasteiger partial charge in [0.25, 0.3) is 11.6 Å². The van der Waals surface area contributed by atoms with Crippen LogP contribution in [0.3, 0.4) is 0 Å². The number of hydrogen-bond acceptors (Lipinski definition) is 4. The third-order valence-corrected chi connectivity index (χ3v) is 2.01. The molecule has 1 amide bonds. The molecule has 0 aliphatic heterocycles. The summed E-state index contributed by atoms with van der Waals surface area (Å²) < 4.78 is 0. The Morgan fingerprint density at radius 3 is 2.94 bits per heavy atom. The summed E-state index contributed by atoms with van der Waals surface area (Å²) in [5, 5.41) is 13.1. The number of nitrogens with zero attached hydrogens (tertiary/aromatic N) is 2. The van der Waals surface area contributed by atoms with Gasteiger partial charge in [0.1, 0.15) is 6.20 Å². The third-order valence-electron chi connectivity index (χ3n) is 2.01. The fraction of sp³-hybridized carbons (Fsp3) is 0.400. The van der Waals surface area contributed by atoms with E-state index in [0.717, 1.165) is 19.0 Å². The molecule has 0 fully saturated rings. The molecule has 0 saturated carbocycles. The van der Waals surface area contributed by atoms with Gasteiger partial charge in [0.05, 0.1) is 10.5 Å². The molecule has 0 aromatic carbocycles. The van der Waals surface area contributed by atoms with Crippen LogP contribution >= 0.6 is 0 Å². The van der Waals surface area contributed by atoms with Crippen LogP contribution in [0.25, 0.3) is 0 Å². The summed E-state index contributed by atoms with van der Waals surface area (Å²) >= 11 is 0. The topological polar surface area (TPSA) is 85.1 Å². The van der Waals surface area contributed by atoms with Gasteiger partial charge in [-0.15, -0.1) is 0 Å². The predicted molar refractivity (Wildman–Crippen MR) is 58.1 cm³/mol. The van der Waals surface area contributed by atoms with Crippen LogP contribution in [-0.4, -0.2) is 22.4 Å². The summed E-state index contributed by atoms with van der Waals surface area (Å²) in [5.74, 6) is -0.329. The summed E-state index contributed by atoms with van der Waals surface area (Å²) in [4.78, 5) is 25.1. The summed E-state index contributed by atoms with van der Waals surface area (Å²) in [5.41, 5.74) is 0.0356. The van der Waals surface area contributed by atoms with Crippen molar-refractivity contribution >= 4 is 11.6 Å². The van der Waals surface area contributed by atoms with Crippen molar-refractivity contribution in [3.63, 3.8) is 0 Å². The number of carbonyl (C=O) groups is 1. The standard InChI is InChI=1S/C10H13N3O3/c1-2-3-4-12-10(14)8-5-9(13(15)16)7-11-6-8/h5-7H,2-4H2,1H3,(H,12,14). The Kier molecular flexibility index (Phi) is 4.38. The van der Waals surface area contributed by atoms with Gasteiger partial charge in [-0.3, -0.25) is 19.9 Å². The SMILES string of the molecule is CCCCNC(=O)c1cncc([N+](=O)[O-])c1. The van der Waals surface area contributed by atoms with Crippen molar-refractivity contribution in [1.82, 2.24) is 10.3 Å². The van der Waals surface area contributed by atoms with Crippen LogP contribution in [0.15, 0.2) is 18.5 Å². The van der Waals surface area contributed by atoms with Crippen LogP contribution in [0, 0.1) is 10.1 Å². The van der Waals surface area contributed by atoms with E-state index in [4.69, 9.17) is 0 Å². The number of pyridine rings is 1. The van der Waals surface area contributed by atoms with Gasteiger partial charge in [-0.05, 0) is 6.42 Å². The first-order valence-electron chi connectivity index (χ1n) is 5.02. The van der Waals surface area contributed by atoms with Gasteiger partial charge in [0.2, 0.25) is 0 Å². The highest BCUT2D eigenvalue weighted by Crippen LogP contribution is 2.10. The van der Waals surface area contributed by atoms with E-state index in [1.165, 1.54) is 12.3 Å². The second-order valence-electron chi connectivity index (χ2n) is 3.30. The number of unbranched alkanes of at least 4 members (excludes halogenated alkanes) is 1. The molecule has 1 heterocycles. The van der Waals surface area contributed by atoms with Crippen molar-refractivity contribution in [2.24, 2.45) is 0 Å². The monoisotopic (exact) mass is 223 g/mol. The second-order valence-corrected chi connectivity index (χ2v) is 3.30. The largest absolute Gasteiger partial charge is 0.352 e. The average molecular weight is 223 g/mol. The molecular formula is C10H13N3O3. The van der Waals surface area contributed by atoms with Crippen molar-refractivity contribution in [3.8, 4) is 0 Å². The van der Waals surface area contributed by atoms with Gasteiger partial charge in [0, 0.05) is 18.8 Å². The minimum absolute atomic E-state index is 0.178. The summed E-state index contributed by atoms with van der Waals surface area (Å²) in [6.45, 7) is 2.58. The fourth-order valence-corrected chi connectivity index (χ4v) is 1.13. The Balaban J connectivity index is 2.68. The Bertz CT molecular complexity index is 393. The molecule has 1 aromatic heterocycles. The van der Waals surface area contributed by atoms with Gasteiger partial charge in [-0.1, -0.05) is 13.3 Å². The molecule has 6 nitrogen and oxygen atoms in total. The van der Waals surface area contributed by atoms with E-state index in [-0.39, 0.29) is 17.2 Å². The lowest BCUT2D eigenvalue weighted by atomic mass is 10.2. The minimum atomic E-state index is -0.574. The summed E-state index contributed by atoms with van der Waals surface area (Å²) in [6, 6.07) is 1.22. The lowest BCUT2D eigenvalue weighted by Gasteiger charge is -2.03. The molecule has 0 unspecified atom stereocenters. The molecule has 0 bridgehead atoms. The number of amides is 1. The second kappa shape index (κ2) is 5.79. The zero-order valence-electron chi connectivity index (χ0n) is 8.97. The molecule has 6 heteroatoms. The van der Waals surface area contributed by atoms with Crippen molar-refractivity contribution in [1.29, 1.82) is 0 Å². The highest BCUT2D eigenvalue weighted by molar-refractivity contribution is 5.94. The number of rotatable bonds is 5. The minimum Gasteiger partial charge on any atom is -0.352 e. The molecule has 1 N–H and O–H groups in total. The number of carbonyl (C=O) groups excluding carboxylic acids is 1. The maximum Gasteiger partial charge on any atom is 0.288 e. The third kappa shape index (κ3) is 3.30. The zero-order valence-corrected chi connectivity index (χ0v) is 8.97. The predicted octanol–water partition coefficient (Wildman–Crippen LogP) is 1.52. The fourth-order valence-electron chi connectivity index (χ4n) is 1.13. The van der Waals surface area contributed by atoms with Crippen LogP contribution in [0.1, 0.15) is 30.1 Å². The van der Waals surface area contributed by atoms with Gasteiger partial charge in [-0.25, -0.2) is 0 Å². The Hall–Kier alpha value is -1.98. The molecule has 0 aliphatic carbocycles. The van der Waals surface area contributed by atoms with E-state index in [1.807, 2.05) is 6.92 Å². The Labute approximate surface area is 92.8 Å². The summed E-state index contributed by atoms with van der Waals surface area (Å²) in [7, 11) is 0. The number of aromatic nitrogens is 1. The maximum atomic E-state index is 11.5. The van der Waals surface area contributed by atoms with E-state index < -0.39 is 4.92 Å². The van der Waals surface area contributed by atoms with Crippen LogP contribution < -0.4 is 5.32 Å². The molecule has 1 aromatic rings.